The van der Waals surface area contributed by atoms with Crippen LogP contribution in [0.1, 0.15) is 19.8 Å². The van der Waals surface area contributed by atoms with Crippen LogP contribution in [0.15, 0.2) is 30.5 Å². The Kier molecular flexibility index (Phi) is 5.63. The summed E-state index contributed by atoms with van der Waals surface area (Å²) in [5.74, 6) is 1.32. The second-order valence-corrected chi connectivity index (χ2v) is 6.32. The van der Waals surface area contributed by atoms with Gasteiger partial charge in [-0.15, -0.1) is 5.10 Å². The first-order chi connectivity index (χ1) is 12.2. The predicted molar refractivity (Wildman–Crippen MR) is 98.8 cm³/mol. The van der Waals surface area contributed by atoms with E-state index in [2.05, 4.69) is 36.8 Å². The summed E-state index contributed by atoms with van der Waals surface area (Å²) in [7, 11) is 2.03. The van der Waals surface area contributed by atoms with E-state index in [9.17, 15) is 4.39 Å². The Bertz CT molecular complexity index is 687. The van der Waals surface area contributed by atoms with Crippen molar-refractivity contribution in [3.63, 3.8) is 0 Å². The van der Waals surface area contributed by atoms with Gasteiger partial charge in [-0.3, -0.25) is 0 Å². The lowest BCUT2D eigenvalue weighted by molar-refractivity contribution is 0.592. The van der Waals surface area contributed by atoms with Gasteiger partial charge in [-0.2, -0.15) is 10.1 Å². The summed E-state index contributed by atoms with van der Waals surface area (Å²) in [5.41, 5.74) is 0.661. The highest BCUT2D eigenvalue weighted by Crippen LogP contribution is 2.21. The summed E-state index contributed by atoms with van der Waals surface area (Å²) in [4.78, 5) is 10.9. The highest BCUT2D eigenvalue weighted by atomic mass is 19.1. The van der Waals surface area contributed by atoms with Gasteiger partial charge in [0, 0.05) is 39.8 Å². The number of halogens is 1. The Balaban J connectivity index is 1.64. The van der Waals surface area contributed by atoms with Crippen molar-refractivity contribution in [1.29, 1.82) is 0 Å². The summed E-state index contributed by atoms with van der Waals surface area (Å²) in [6.07, 6.45) is 3.97. The maximum Gasteiger partial charge on any atom is 0.247 e. The van der Waals surface area contributed by atoms with E-state index in [1.807, 2.05) is 19.2 Å². The number of anilines is 3. The molecule has 3 rings (SSSR count). The van der Waals surface area contributed by atoms with Crippen LogP contribution in [0.3, 0.4) is 0 Å². The zero-order valence-corrected chi connectivity index (χ0v) is 14.9. The molecule has 0 atom stereocenters. The first kappa shape index (κ1) is 17.4. The van der Waals surface area contributed by atoms with Gasteiger partial charge in [0.15, 0.2) is 5.82 Å². The van der Waals surface area contributed by atoms with E-state index in [-0.39, 0.29) is 5.82 Å². The van der Waals surface area contributed by atoms with E-state index >= 15 is 0 Å². The molecule has 1 aromatic heterocycles. The number of hydrogen-bond donors (Lipinski definition) is 0. The van der Waals surface area contributed by atoms with Crippen molar-refractivity contribution in [2.45, 2.75) is 19.8 Å². The van der Waals surface area contributed by atoms with Crippen molar-refractivity contribution < 1.29 is 4.39 Å². The zero-order valence-electron chi connectivity index (χ0n) is 14.9. The molecule has 1 aliphatic heterocycles. The minimum atomic E-state index is -0.173. The lowest BCUT2D eigenvalue weighted by Crippen LogP contribution is -2.47. The maximum absolute atomic E-state index is 13.9. The van der Waals surface area contributed by atoms with Gasteiger partial charge in [-0.25, -0.2) is 4.39 Å². The second kappa shape index (κ2) is 8.09. The molecule has 1 saturated heterocycles. The summed E-state index contributed by atoms with van der Waals surface area (Å²) in [6.45, 7) is 6.10. The van der Waals surface area contributed by atoms with Crippen molar-refractivity contribution in [1.82, 2.24) is 15.2 Å². The van der Waals surface area contributed by atoms with Crippen LogP contribution in [0.4, 0.5) is 21.8 Å². The Morgan fingerprint density at radius 3 is 2.56 bits per heavy atom. The van der Waals surface area contributed by atoms with E-state index in [1.54, 1.807) is 12.3 Å². The van der Waals surface area contributed by atoms with Crippen LogP contribution in [-0.4, -0.2) is 55.0 Å². The molecule has 0 spiro atoms. The molecule has 7 heteroatoms. The van der Waals surface area contributed by atoms with Crippen molar-refractivity contribution in [2.24, 2.45) is 0 Å². The quantitative estimate of drug-likeness (QED) is 0.803. The topological polar surface area (TPSA) is 48.4 Å². The van der Waals surface area contributed by atoms with Crippen LogP contribution in [0.5, 0.6) is 0 Å². The third-order valence-electron chi connectivity index (χ3n) is 4.53. The largest absolute Gasteiger partial charge is 0.366 e. The maximum atomic E-state index is 13.9. The van der Waals surface area contributed by atoms with E-state index in [1.165, 1.54) is 6.07 Å². The Morgan fingerprint density at radius 1 is 1.12 bits per heavy atom. The van der Waals surface area contributed by atoms with Gasteiger partial charge in [-0.05, 0) is 18.6 Å². The van der Waals surface area contributed by atoms with Crippen molar-refractivity contribution in [3.8, 4) is 0 Å². The second-order valence-electron chi connectivity index (χ2n) is 6.32. The molecule has 2 heterocycles. The Morgan fingerprint density at radius 2 is 1.84 bits per heavy atom. The smallest absolute Gasteiger partial charge is 0.247 e. The average Bonchev–Trinajstić information content (AvgIpc) is 2.67. The van der Waals surface area contributed by atoms with Crippen LogP contribution in [0, 0.1) is 5.82 Å². The molecule has 0 saturated carbocycles. The molecule has 0 aliphatic carbocycles. The van der Waals surface area contributed by atoms with E-state index in [0.29, 0.717) is 11.6 Å². The number of hydrogen-bond acceptors (Lipinski definition) is 6. The lowest BCUT2D eigenvalue weighted by atomic mass is 10.2. The summed E-state index contributed by atoms with van der Waals surface area (Å²) in [5, 5.41) is 8.30. The molecule has 1 fully saturated rings. The minimum Gasteiger partial charge on any atom is -0.366 e. The zero-order chi connectivity index (χ0) is 17.6. The molecule has 0 radical (unpaired) electrons. The highest BCUT2D eigenvalue weighted by molar-refractivity contribution is 5.50. The molecule has 25 heavy (non-hydrogen) atoms. The first-order valence-corrected chi connectivity index (χ1v) is 8.84. The van der Waals surface area contributed by atoms with E-state index in [0.717, 1.165) is 51.4 Å². The molecule has 0 amide bonds. The molecular weight excluding hydrogens is 319 g/mol. The van der Waals surface area contributed by atoms with Crippen LogP contribution in [0.25, 0.3) is 0 Å². The van der Waals surface area contributed by atoms with Crippen molar-refractivity contribution in [2.75, 3.05) is 54.5 Å². The highest BCUT2D eigenvalue weighted by Gasteiger charge is 2.21. The van der Waals surface area contributed by atoms with Crippen LogP contribution >= 0.6 is 0 Å². The van der Waals surface area contributed by atoms with Gasteiger partial charge in [0.05, 0.1) is 11.9 Å². The average molecular weight is 344 g/mol. The lowest BCUT2D eigenvalue weighted by Gasteiger charge is -2.36. The fourth-order valence-electron chi connectivity index (χ4n) is 2.97. The standard InChI is InChI=1S/C18H25FN6/c1-3-4-9-23(2)17-14-20-22-18(21-17)25-12-10-24(11-13-25)16-8-6-5-7-15(16)19/h5-8,14H,3-4,9-13H2,1-2H3. The third kappa shape index (κ3) is 4.15. The van der Waals surface area contributed by atoms with Crippen LogP contribution < -0.4 is 14.7 Å². The molecule has 0 N–H and O–H groups in total. The molecule has 2 aromatic rings. The summed E-state index contributed by atoms with van der Waals surface area (Å²) < 4.78 is 13.9. The number of para-hydroxylation sites is 1. The van der Waals surface area contributed by atoms with Gasteiger partial charge < -0.3 is 14.7 Å². The molecule has 0 unspecified atom stereocenters. The van der Waals surface area contributed by atoms with Gasteiger partial charge in [0.1, 0.15) is 5.82 Å². The van der Waals surface area contributed by atoms with Crippen molar-refractivity contribution in [3.05, 3.63) is 36.3 Å². The van der Waals surface area contributed by atoms with Crippen LogP contribution in [0.2, 0.25) is 0 Å². The number of piperazine rings is 1. The normalized spacial score (nSPS) is 14.7. The number of unbranched alkanes of at least 4 members (excludes halogenated alkanes) is 1. The molecule has 6 nitrogen and oxygen atoms in total. The van der Waals surface area contributed by atoms with Crippen molar-refractivity contribution >= 4 is 17.5 Å². The van der Waals surface area contributed by atoms with Crippen LogP contribution in [-0.2, 0) is 0 Å². The predicted octanol–water partition coefficient (Wildman–Crippen LogP) is 2.57. The van der Waals surface area contributed by atoms with E-state index in [4.69, 9.17) is 0 Å². The molecular formula is C18H25FN6. The fraction of sp³-hybridized carbons (Fsp3) is 0.500. The van der Waals surface area contributed by atoms with Gasteiger partial charge >= 0.3 is 0 Å². The summed E-state index contributed by atoms with van der Waals surface area (Å²) in [6, 6.07) is 6.92. The first-order valence-electron chi connectivity index (χ1n) is 8.84. The Labute approximate surface area is 148 Å². The third-order valence-corrected chi connectivity index (χ3v) is 4.53. The number of benzene rings is 1. The SMILES string of the molecule is CCCCN(C)c1cnnc(N2CCN(c3ccccc3F)CC2)n1. The Hall–Kier alpha value is -2.44. The minimum absolute atomic E-state index is 0.173. The number of aromatic nitrogens is 3. The van der Waals surface area contributed by atoms with Gasteiger partial charge in [-0.1, -0.05) is 25.5 Å². The molecule has 1 aromatic carbocycles. The molecule has 134 valence electrons. The van der Waals surface area contributed by atoms with E-state index < -0.39 is 0 Å². The monoisotopic (exact) mass is 344 g/mol. The summed E-state index contributed by atoms with van der Waals surface area (Å²) >= 11 is 0. The number of rotatable bonds is 6. The molecule has 1 aliphatic rings. The molecule has 0 bridgehead atoms. The van der Waals surface area contributed by atoms with Gasteiger partial charge in [0.25, 0.3) is 0 Å². The number of nitrogens with zero attached hydrogens (tertiary/aromatic N) is 6. The van der Waals surface area contributed by atoms with Gasteiger partial charge in [0.2, 0.25) is 5.95 Å². The fourth-order valence-corrected chi connectivity index (χ4v) is 2.97.